The summed E-state index contributed by atoms with van der Waals surface area (Å²) in [5.41, 5.74) is 4.12. The second-order valence-corrected chi connectivity index (χ2v) is 9.63. The van der Waals surface area contributed by atoms with Crippen LogP contribution in [0.25, 0.3) is 11.4 Å². The quantitative estimate of drug-likeness (QED) is 0.642. The summed E-state index contributed by atoms with van der Waals surface area (Å²) in [6, 6.07) is 13.2. The average Bonchev–Trinajstić information content (AvgIpc) is 3.20. The maximum absolute atomic E-state index is 13.0. The number of sulfonamides is 1. The number of hydrogen-bond donors (Lipinski definition) is 0. The van der Waals surface area contributed by atoms with E-state index in [9.17, 15) is 8.42 Å². The second-order valence-electron chi connectivity index (χ2n) is 7.70. The van der Waals surface area contributed by atoms with Gasteiger partial charge in [-0.05, 0) is 62.4 Å². The summed E-state index contributed by atoms with van der Waals surface area (Å²) in [6.07, 6.45) is 1.33. The fourth-order valence-corrected chi connectivity index (χ4v) is 5.26. The van der Waals surface area contributed by atoms with E-state index in [-0.39, 0.29) is 5.92 Å². The number of aromatic nitrogens is 2. The van der Waals surface area contributed by atoms with E-state index in [1.54, 1.807) is 16.4 Å². The zero-order valence-corrected chi connectivity index (χ0v) is 17.7. The van der Waals surface area contributed by atoms with Crippen molar-refractivity contribution < 1.29 is 12.9 Å². The largest absolute Gasteiger partial charge is 0.339 e. The van der Waals surface area contributed by atoms with Crippen LogP contribution in [0.4, 0.5) is 0 Å². The maximum atomic E-state index is 13.0. The average molecular weight is 412 g/mol. The molecule has 3 aromatic rings. The third-order valence-corrected chi connectivity index (χ3v) is 7.64. The van der Waals surface area contributed by atoms with Gasteiger partial charge in [-0.3, -0.25) is 0 Å². The topological polar surface area (TPSA) is 76.3 Å². The first-order chi connectivity index (χ1) is 13.9. The highest BCUT2D eigenvalue weighted by molar-refractivity contribution is 7.89. The van der Waals surface area contributed by atoms with Gasteiger partial charge < -0.3 is 4.52 Å². The molecule has 0 radical (unpaired) electrons. The minimum Gasteiger partial charge on any atom is -0.339 e. The predicted molar refractivity (Wildman–Crippen MR) is 111 cm³/mol. The molecule has 4 rings (SSSR count). The number of aryl methyl sites for hydroxylation is 3. The number of hydrogen-bond acceptors (Lipinski definition) is 5. The standard InChI is InChI=1S/C22H25N3O3S/c1-15-8-9-19(14-17(15)3)29(26,27)25-12-10-18(11-13-25)22-23-21(24-28-22)20-7-5-4-6-16(20)2/h4-9,14,18H,10-13H2,1-3H3. The second kappa shape index (κ2) is 7.72. The molecule has 152 valence electrons. The molecule has 0 bridgehead atoms. The molecule has 0 spiro atoms. The number of piperidine rings is 1. The van der Waals surface area contributed by atoms with Crippen molar-refractivity contribution in [1.29, 1.82) is 0 Å². The summed E-state index contributed by atoms with van der Waals surface area (Å²) in [7, 11) is -3.48. The molecule has 6 nitrogen and oxygen atoms in total. The van der Waals surface area contributed by atoms with Crippen LogP contribution in [0.5, 0.6) is 0 Å². The first kappa shape index (κ1) is 19.8. The van der Waals surface area contributed by atoms with E-state index in [0.717, 1.165) is 22.3 Å². The Balaban J connectivity index is 1.47. The lowest BCUT2D eigenvalue weighted by Gasteiger charge is -2.29. The lowest BCUT2D eigenvalue weighted by atomic mass is 9.98. The lowest BCUT2D eigenvalue weighted by Crippen LogP contribution is -2.38. The van der Waals surface area contributed by atoms with E-state index >= 15 is 0 Å². The zero-order chi connectivity index (χ0) is 20.6. The van der Waals surface area contributed by atoms with Gasteiger partial charge in [-0.15, -0.1) is 0 Å². The monoisotopic (exact) mass is 411 g/mol. The van der Waals surface area contributed by atoms with Crippen LogP contribution in [0, 0.1) is 20.8 Å². The number of nitrogens with zero attached hydrogens (tertiary/aromatic N) is 3. The van der Waals surface area contributed by atoms with Crippen LogP contribution >= 0.6 is 0 Å². The predicted octanol–water partition coefficient (Wildman–Crippen LogP) is 4.23. The van der Waals surface area contributed by atoms with E-state index in [2.05, 4.69) is 10.1 Å². The Kier molecular flexibility index (Phi) is 5.27. The molecule has 2 heterocycles. The molecule has 1 aromatic heterocycles. The van der Waals surface area contributed by atoms with Crippen molar-refractivity contribution in [3.05, 3.63) is 65.0 Å². The third kappa shape index (κ3) is 3.84. The van der Waals surface area contributed by atoms with E-state index in [1.165, 1.54) is 0 Å². The molecule has 1 aliphatic rings. The molecule has 0 amide bonds. The summed E-state index contributed by atoms with van der Waals surface area (Å²) >= 11 is 0. The van der Waals surface area contributed by atoms with Crippen LogP contribution in [-0.4, -0.2) is 36.0 Å². The van der Waals surface area contributed by atoms with Gasteiger partial charge in [0.05, 0.1) is 4.90 Å². The van der Waals surface area contributed by atoms with Crippen LogP contribution in [0.3, 0.4) is 0 Å². The normalized spacial score (nSPS) is 16.2. The highest BCUT2D eigenvalue weighted by Crippen LogP contribution is 2.31. The van der Waals surface area contributed by atoms with E-state index in [0.29, 0.717) is 42.5 Å². The molecule has 1 fully saturated rings. The van der Waals surface area contributed by atoms with Crippen molar-refractivity contribution in [3.8, 4) is 11.4 Å². The SMILES string of the molecule is Cc1ccc(S(=O)(=O)N2CCC(c3nc(-c4ccccc4C)no3)CC2)cc1C. The molecule has 1 aliphatic heterocycles. The van der Waals surface area contributed by atoms with Gasteiger partial charge in [-0.25, -0.2) is 8.42 Å². The van der Waals surface area contributed by atoms with Crippen molar-refractivity contribution in [2.24, 2.45) is 0 Å². The molecule has 0 unspecified atom stereocenters. The summed E-state index contributed by atoms with van der Waals surface area (Å²) < 4.78 is 33.1. The van der Waals surface area contributed by atoms with Crippen molar-refractivity contribution in [2.75, 3.05) is 13.1 Å². The van der Waals surface area contributed by atoms with Gasteiger partial charge in [0.15, 0.2) is 0 Å². The van der Waals surface area contributed by atoms with Gasteiger partial charge in [0.2, 0.25) is 21.7 Å². The van der Waals surface area contributed by atoms with Crippen molar-refractivity contribution in [2.45, 2.75) is 44.4 Å². The molecule has 0 saturated carbocycles. The van der Waals surface area contributed by atoms with Gasteiger partial charge >= 0.3 is 0 Å². The summed E-state index contributed by atoms with van der Waals surface area (Å²) in [4.78, 5) is 4.95. The fraction of sp³-hybridized carbons (Fsp3) is 0.364. The Morgan fingerprint density at radius 1 is 0.966 bits per heavy atom. The summed E-state index contributed by atoms with van der Waals surface area (Å²) in [6.45, 7) is 6.82. The van der Waals surface area contributed by atoms with E-state index in [4.69, 9.17) is 4.52 Å². The van der Waals surface area contributed by atoms with Crippen LogP contribution in [-0.2, 0) is 10.0 Å². The Labute approximate surface area is 171 Å². The molecular weight excluding hydrogens is 386 g/mol. The Morgan fingerprint density at radius 3 is 2.38 bits per heavy atom. The van der Waals surface area contributed by atoms with Gasteiger partial charge in [-0.2, -0.15) is 9.29 Å². The first-order valence-corrected chi connectivity index (χ1v) is 11.3. The maximum Gasteiger partial charge on any atom is 0.243 e. The third-order valence-electron chi connectivity index (χ3n) is 5.75. The minimum absolute atomic E-state index is 0.0754. The first-order valence-electron chi connectivity index (χ1n) is 9.83. The summed E-state index contributed by atoms with van der Waals surface area (Å²) in [5.74, 6) is 1.25. The Bertz CT molecular complexity index is 1130. The molecule has 29 heavy (non-hydrogen) atoms. The molecule has 0 aliphatic carbocycles. The molecule has 0 atom stereocenters. The molecule has 7 heteroatoms. The highest BCUT2D eigenvalue weighted by Gasteiger charge is 2.32. The van der Waals surface area contributed by atoms with Gasteiger partial charge in [-0.1, -0.05) is 35.5 Å². The van der Waals surface area contributed by atoms with Gasteiger partial charge in [0, 0.05) is 24.6 Å². The Hall–Kier alpha value is -2.51. The summed E-state index contributed by atoms with van der Waals surface area (Å²) in [5, 5.41) is 4.14. The fourth-order valence-electron chi connectivity index (χ4n) is 3.70. The van der Waals surface area contributed by atoms with E-state index in [1.807, 2.05) is 51.1 Å². The Morgan fingerprint density at radius 2 is 1.69 bits per heavy atom. The lowest BCUT2D eigenvalue weighted by molar-refractivity contribution is 0.271. The highest BCUT2D eigenvalue weighted by atomic mass is 32.2. The molecule has 1 saturated heterocycles. The molecule has 2 aromatic carbocycles. The number of rotatable bonds is 4. The van der Waals surface area contributed by atoms with Crippen LogP contribution < -0.4 is 0 Å². The van der Waals surface area contributed by atoms with Gasteiger partial charge in [0.25, 0.3) is 0 Å². The zero-order valence-electron chi connectivity index (χ0n) is 16.9. The number of benzene rings is 2. The molecule has 0 N–H and O–H groups in total. The smallest absolute Gasteiger partial charge is 0.243 e. The van der Waals surface area contributed by atoms with Crippen molar-refractivity contribution in [1.82, 2.24) is 14.4 Å². The van der Waals surface area contributed by atoms with Gasteiger partial charge in [0.1, 0.15) is 0 Å². The molecular formula is C22H25N3O3S. The van der Waals surface area contributed by atoms with E-state index < -0.39 is 10.0 Å². The van der Waals surface area contributed by atoms with Crippen LogP contribution in [0.15, 0.2) is 51.9 Å². The van der Waals surface area contributed by atoms with Crippen molar-refractivity contribution >= 4 is 10.0 Å². The van der Waals surface area contributed by atoms with Crippen molar-refractivity contribution in [3.63, 3.8) is 0 Å². The van der Waals surface area contributed by atoms with Crippen LogP contribution in [0.2, 0.25) is 0 Å². The minimum atomic E-state index is -3.48. The van der Waals surface area contributed by atoms with Crippen LogP contribution in [0.1, 0.15) is 41.3 Å².